The summed E-state index contributed by atoms with van der Waals surface area (Å²) < 4.78 is 4.23. The third-order valence-electron chi connectivity index (χ3n) is 5.38. The van der Waals surface area contributed by atoms with Gasteiger partial charge >= 0.3 is 0 Å². The number of nitrogens with zero attached hydrogens (tertiary/aromatic N) is 6. The SMILES string of the molecule is Cc1c(Cl)cccc1-n1c(SCc2nccn2Cc2ccccc2)nnc1-c1ccncc1. The highest BCUT2D eigenvalue weighted by molar-refractivity contribution is 7.98. The van der Waals surface area contributed by atoms with E-state index >= 15 is 0 Å². The Hall–Kier alpha value is -3.42. The van der Waals surface area contributed by atoms with Crippen LogP contribution < -0.4 is 0 Å². The van der Waals surface area contributed by atoms with E-state index in [0.29, 0.717) is 10.8 Å². The van der Waals surface area contributed by atoms with Crippen molar-refractivity contribution in [3.05, 3.63) is 107 Å². The Morgan fingerprint density at radius 3 is 2.55 bits per heavy atom. The van der Waals surface area contributed by atoms with Gasteiger partial charge < -0.3 is 4.57 Å². The van der Waals surface area contributed by atoms with Crippen molar-refractivity contribution in [1.29, 1.82) is 0 Å². The number of hydrogen-bond donors (Lipinski definition) is 0. The maximum absolute atomic E-state index is 6.45. The van der Waals surface area contributed by atoms with Gasteiger partial charge in [-0.2, -0.15) is 0 Å². The second-order valence-corrected chi connectivity index (χ2v) is 8.86. The molecule has 3 heterocycles. The van der Waals surface area contributed by atoms with Crippen LogP contribution in [0.5, 0.6) is 0 Å². The fraction of sp³-hybridized carbons (Fsp3) is 0.120. The topological polar surface area (TPSA) is 61.4 Å². The van der Waals surface area contributed by atoms with Crippen molar-refractivity contribution in [1.82, 2.24) is 29.3 Å². The number of halogens is 1. The molecule has 0 saturated carbocycles. The minimum Gasteiger partial charge on any atom is -0.330 e. The lowest BCUT2D eigenvalue weighted by atomic mass is 10.2. The highest BCUT2D eigenvalue weighted by atomic mass is 35.5. The molecule has 0 atom stereocenters. The number of hydrogen-bond acceptors (Lipinski definition) is 5. The highest BCUT2D eigenvalue weighted by Gasteiger charge is 2.19. The molecular formula is C25H21ClN6S. The van der Waals surface area contributed by atoms with Crippen molar-refractivity contribution in [3.63, 3.8) is 0 Å². The lowest BCUT2D eigenvalue weighted by Crippen LogP contribution is -2.05. The summed E-state index contributed by atoms with van der Waals surface area (Å²) in [4.78, 5) is 8.71. The first-order valence-electron chi connectivity index (χ1n) is 10.5. The molecule has 8 heteroatoms. The number of aromatic nitrogens is 6. The zero-order valence-corrected chi connectivity index (χ0v) is 19.5. The zero-order chi connectivity index (χ0) is 22.6. The highest BCUT2D eigenvalue weighted by Crippen LogP contribution is 2.32. The van der Waals surface area contributed by atoms with Crippen molar-refractivity contribution >= 4 is 23.4 Å². The Morgan fingerprint density at radius 2 is 1.73 bits per heavy atom. The van der Waals surface area contributed by atoms with E-state index in [1.807, 2.05) is 55.7 Å². The lowest BCUT2D eigenvalue weighted by molar-refractivity contribution is 0.755. The van der Waals surface area contributed by atoms with Crippen molar-refractivity contribution in [2.75, 3.05) is 0 Å². The van der Waals surface area contributed by atoms with E-state index in [0.717, 1.165) is 40.2 Å². The van der Waals surface area contributed by atoms with Gasteiger partial charge in [0, 0.05) is 41.9 Å². The van der Waals surface area contributed by atoms with Crippen LogP contribution in [0.1, 0.15) is 17.0 Å². The molecule has 0 aliphatic carbocycles. The maximum atomic E-state index is 6.45. The van der Waals surface area contributed by atoms with Crippen LogP contribution in [0.15, 0.2) is 90.6 Å². The number of pyridine rings is 1. The van der Waals surface area contributed by atoms with Gasteiger partial charge in [-0.25, -0.2) is 4.98 Å². The second-order valence-electron chi connectivity index (χ2n) is 7.51. The van der Waals surface area contributed by atoms with E-state index < -0.39 is 0 Å². The number of imidazole rings is 1. The van der Waals surface area contributed by atoms with Gasteiger partial charge in [-0.15, -0.1) is 10.2 Å². The summed E-state index contributed by atoms with van der Waals surface area (Å²) in [5, 5.41) is 10.5. The van der Waals surface area contributed by atoms with Crippen LogP contribution in [-0.4, -0.2) is 29.3 Å². The van der Waals surface area contributed by atoms with Crippen LogP contribution in [0.2, 0.25) is 5.02 Å². The van der Waals surface area contributed by atoms with Crippen LogP contribution >= 0.6 is 23.4 Å². The predicted octanol–water partition coefficient (Wildman–Crippen LogP) is 5.83. The number of thioether (sulfide) groups is 1. The van der Waals surface area contributed by atoms with Gasteiger partial charge in [0.25, 0.3) is 0 Å². The Morgan fingerprint density at radius 1 is 0.909 bits per heavy atom. The van der Waals surface area contributed by atoms with Gasteiger partial charge in [0.05, 0.1) is 11.4 Å². The van der Waals surface area contributed by atoms with Crippen molar-refractivity contribution < 1.29 is 0 Å². The van der Waals surface area contributed by atoms with Gasteiger partial charge in [-0.1, -0.05) is 59.8 Å². The molecule has 0 aliphatic heterocycles. The molecule has 2 aromatic carbocycles. The van der Waals surface area contributed by atoms with E-state index in [2.05, 4.69) is 53.6 Å². The molecule has 0 N–H and O–H groups in total. The van der Waals surface area contributed by atoms with Crippen molar-refractivity contribution in [2.45, 2.75) is 24.4 Å². The summed E-state index contributed by atoms with van der Waals surface area (Å²) in [7, 11) is 0. The molecule has 164 valence electrons. The normalized spacial score (nSPS) is 11.1. The molecule has 0 fully saturated rings. The summed E-state index contributed by atoms with van der Waals surface area (Å²) in [5.41, 5.74) is 4.10. The largest absolute Gasteiger partial charge is 0.330 e. The third kappa shape index (κ3) is 4.55. The zero-order valence-electron chi connectivity index (χ0n) is 18.0. The maximum Gasteiger partial charge on any atom is 0.196 e. The smallest absolute Gasteiger partial charge is 0.196 e. The summed E-state index contributed by atoms with van der Waals surface area (Å²) in [6.07, 6.45) is 7.36. The van der Waals surface area contributed by atoms with Crippen LogP contribution in [0.3, 0.4) is 0 Å². The van der Waals surface area contributed by atoms with E-state index in [4.69, 9.17) is 11.6 Å². The first kappa shape index (κ1) is 21.4. The van der Waals surface area contributed by atoms with Gasteiger partial charge in [0.2, 0.25) is 0 Å². The molecule has 0 spiro atoms. The molecule has 0 radical (unpaired) electrons. The van der Waals surface area contributed by atoms with Crippen molar-refractivity contribution in [2.24, 2.45) is 0 Å². The van der Waals surface area contributed by atoms with Crippen molar-refractivity contribution in [3.8, 4) is 17.1 Å². The molecule has 0 aliphatic rings. The van der Waals surface area contributed by atoms with Gasteiger partial charge in [0.1, 0.15) is 5.82 Å². The van der Waals surface area contributed by atoms with E-state index in [9.17, 15) is 0 Å². The van der Waals surface area contributed by atoms with Crippen LogP contribution in [0.25, 0.3) is 17.1 Å². The molecule has 5 aromatic rings. The average molecular weight is 473 g/mol. The summed E-state index contributed by atoms with van der Waals surface area (Å²) in [6, 6.07) is 20.1. The number of benzene rings is 2. The summed E-state index contributed by atoms with van der Waals surface area (Å²) >= 11 is 8.05. The standard InChI is InChI=1S/C25H21ClN6S/c1-18-21(26)8-5-9-22(18)32-24(20-10-12-27-13-11-20)29-30-25(32)33-17-23-28-14-15-31(23)16-19-6-3-2-4-7-19/h2-15H,16-17H2,1H3. The van der Waals surface area contributed by atoms with E-state index in [-0.39, 0.29) is 0 Å². The molecule has 0 amide bonds. The Labute approximate surface area is 201 Å². The molecular weight excluding hydrogens is 452 g/mol. The molecule has 33 heavy (non-hydrogen) atoms. The van der Waals surface area contributed by atoms with E-state index in [1.165, 1.54) is 5.56 Å². The molecule has 0 bridgehead atoms. The molecule has 6 nitrogen and oxygen atoms in total. The Bertz CT molecular complexity index is 1360. The second kappa shape index (κ2) is 9.60. The molecule has 5 rings (SSSR count). The lowest BCUT2D eigenvalue weighted by Gasteiger charge is -2.14. The Kier molecular flexibility index (Phi) is 6.24. The number of rotatable bonds is 7. The van der Waals surface area contributed by atoms with E-state index in [1.54, 1.807) is 24.2 Å². The first-order valence-corrected chi connectivity index (χ1v) is 11.8. The van der Waals surface area contributed by atoms with Crippen LogP contribution in [0, 0.1) is 6.92 Å². The van der Waals surface area contributed by atoms with Gasteiger partial charge in [-0.3, -0.25) is 9.55 Å². The van der Waals surface area contributed by atoms with Gasteiger partial charge in [0.15, 0.2) is 11.0 Å². The predicted molar refractivity (Wildman–Crippen MR) is 132 cm³/mol. The summed E-state index contributed by atoms with van der Waals surface area (Å²) in [6.45, 7) is 2.79. The fourth-order valence-electron chi connectivity index (χ4n) is 3.64. The first-order chi connectivity index (χ1) is 16.2. The minimum absolute atomic E-state index is 0.661. The fourth-order valence-corrected chi connectivity index (χ4v) is 4.72. The molecule has 0 unspecified atom stereocenters. The Balaban J connectivity index is 1.48. The minimum atomic E-state index is 0.661. The third-order valence-corrected chi connectivity index (χ3v) is 6.71. The van der Waals surface area contributed by atoms with Crippen LogP contribution in [-0.2, 0) is 12.3 Å². The van der Waals surface area contributed by atoms with Gasteiger partial charge in [-0.05, 0) is 42.3 Å². The molecule has 3 aromatic heterocycles. The van der Waals surface area contributed by atoms with Crippen LogP contribution in [0.4, 0.5) is 0 Å². The quantitative estimate of drug-likeness (QED) is 0.279. The molecule has 0 saturated heterocycles. The summed E-state index contributed by atoms with van der Waals surface area (Å²) in [5.74, 6) is 2.39. The average Bonchev–Trinajstić information content (AvgIpc) is 3.47. The monoisotopic (exact) mass is 472 g/mol.